The number of rotatable bonds is 3. The van der Waals surface area contributed by atoms with E-state index >= 15 is 0 Å². The average molecular weight is 202 g/mol. The van der Waals surface area contributed by atoms with Gasteiger partial charge < -0.3 is 4.90 Å². The Kier molecular flexibility index (Phi) is 2.85. The molecule has 76 valence electrons. The lowest BCUT2D eigenvalue weighted by atomic mass is 9.86. The Morgan fingerprint density at radius 1 is 1.31 bits per heavy atom. The third-order valence-corrected chi connectivity index (χ3v) is 4.10. The summed E-state index contributed by atoms with van der Waals surface area (Å²) in [4.78, 5) is 2.58. The SMILES string of the molecule is CC1(CN2CC(CCl)C2)CCCC1. The van der Waals surface area contributed by atoms with Gasteiger partial charge in [-0.25, -0.2) is 0 Å². The first-order chi connectivity index (χ1) is 6.22. The molecule has 0 atom stereocenters. The van der Waals surface area contributed by atoms with Crippen molar-refractivity contribution >= 4 is 11.6 Å². The third-order valence-electron chi connectivity index (χ3n) is 3.67. The maximum absolute atomic E-state index is 5.79. The van der Waals surface area contributed by atoms with Crippen molar-refractivity contribution < 1.29 is 0 Å². The summed E-state index contributed by atoms with van der Waals surface area (Å²) in [6.07, 6.45) is 5.77. The Morgan fingerprint density at radius 3 is 2.46 bits per heavy atom. The molecule has 0 N–H and O–H groups in total. The van der Waals surface area contributed by atoms with Crippen molar-refractivity contribution in [3.05, 3.63) is 0 Å². The molecule has 0 radical (unpaired) electrons. The highest BCUT2D eigenvalue weighted by Crippen LogP contribution is 2.39. The third kappa shape index (κ3) is 2.19. The van der Waals surface area contributed by atoms with Crippen molar-refractivity contribution in [3.8, 4) is 0 Å². The summed E-state index contributed by atoms with van der Waals surface area (Å²) >= 11 is 5.79. The molecule has 0 amide bonds. The van der Waals surface area contributed by atoms with Gasteiger partial charge in [0.1, 0.15) is 0 Å². The van der Waals surface area contributed by atoms with E-state index in [1.165, 1.54) is 45.3 Å². The van der Waals surface area contributed by atoms with Crippen LogP contribution in [0.25, 0.3) is 0 Å². The first kappa shape index (κ1) is 9.79. The average Bonchev–Trinajstić information content (AvgIpc) is 2.44. The standard InChI is InChI=1S/C11H20ClN/c1-11(4-2-3-5-11)9-13-7-10(6-12)8-13/h10H,2-9H2,1H3. The van der Waals surface area contributed by atoms with Gasteiger partial charge in [-0.3, -0.25) is 0 Å². The van der Waals surface area contributed by atoms with Crippen LogP contribution in [0.2, 0.25) is 0 Å². The maximum atomic E-state index is 5.79. The fourth-order valence-corrected chi connectivity index (χ4v) is 3.03. The van der Waals surface area contributed by atoms with Gasteiger partial charge in [0.05, 0.1) is 0 Å². The molecule has 0 unspecified atom stereocenters. The molecule has 1 saturated carbocycles. The van der Waals surface area contributed by atoms with Gasteiger partial charge in [0, 0.05) is 25.5 Å². The van der Waals surface area contributed by atoms with Gasteiger partial charge in [0.15, 0.2) is 0 Å². The molecule has 1 nitrogen and oxygen atoms in total. The molecule has 2 rings (SSSR count). The highest BCUT2D eigenvalue weighted by atomic mass is 35.5. The monoisotopic (exact) mass is 201 g/mol. The van der Waals surface area contributed by atoms with Gasteiger partial charge in [-0.1, -0.05) is 19.8 Å². The Balaban J connectivity index is 1.73. The van der Waals surface area contributed by atoms with Crippen LogP contribution in [0.3, 0.4) is 0 Å². The molecule has 0 aromatic carbocycles. The summed E-state index contributed by atoms with van der Waals surface area (Å²) < 4.78 is 0. The van der Waals surface area contributed by atoms with Crippen molar-refractivity contribution in [2.45, 2.75) is 32.6 Å². The van der Waals surface area contributed by atoms with E-state index < -0.39 is 0 Å². The Labute approximate surface area is 86.4 Å². The molecule has 13 heavy (non-hydrogen) atoms. The Hall–Kier alpha value is 0.250. The molecular weight excluding hydrogens is 182 g/mol. The zero-order chi connectivity index (χ0) is 9.31. The zero-order valence-electron chi connectivity index (χ0n) is 8.56. The van der Waals surface area contributed by atoms with Crippen LogP contribution in [0.4, 0.5) is 0 Å². The number of halogens is 1. The minimum atomic E-state index is 0.636. The molecule has 1 aliphatic heterocycles. The van der Waals surface area contributed by atoms with Crippen LogP contribution in [0, 0.1) is 11.3 Å². The van der Waals surface area contributed by atoms with Gasteiger partial charge in [-0.2, -0.15) is 0 Å². The van der Waals surface area contributed by atoms with Crippen molar-refractivity contribution in [1.29, 1.82) is 0 Å². The van der Waals surface area contributed by atoms with Crippen LogP contribution < -0.4 is 0 Å². The molecule has 0 spiro atoms. The van der Waals surface area contributed by atoms with E-state index in [9.17, 15) is 0 Å². The number of alkyl halides is 1. The van der Waals surface area contributed by atoms with Crippen molar-refractivity contribution in [1.82, 2.24) is 4.90 Å². The second-order valence-electron chi connectivity index (χ2n) is 5.23. The predicted octanol–water partition coefficient (Wildman–Crippen LogP) is 2.74. The van der Waals surface area contributed by atoms with E-state index in [2.05, 4.69) is 11.8 Å². The van der Waals surface area contributed by atoms with E-state index in [4.69, 9.17) is 11.6 Å². The van der Waals surface area contributed by atoms with E-state index in [0.29, 0.717) is 5.41 Å². The van der Waals surface area contributed by atoms with Crippen molar-refractivity contribution in [2.24, 2.45) is 11.3 Å². The van der Waals surface area contributed by atoms with E-state index in [1.807, 2.05) is 0 Å². The molecule has 0 aromatic rings. The van der Waals surface area contributed by atoms with Gasteiger partial charge in [-0.05, 0) is 24.2 Å². The second kappa shape index (κ2) is 3.78. The highest BCUT2D eigenvalue weighted by Gasteiger charge is 2.35. The molecule has 0 bridgehead atoms. The minimum Gasteiger partial charge on any atom is -0.302 e. The quantitative estimate of drug-likeness (QED) is 0.635. The normalized spacial score (nSPS) is 29.1. The molecule has 1 heterocycles. The number of likely N-dealkylation sites (tertiary alicyclic amines) is 1. The summed E-state index contributed by atoms with van der Waals surface area (Å²) in [5.74, 6) is 1.64. The largest absolute Gasteiger partial charge is 0.302 e. The predicted molar refractivity (Wildman–Crippen MR) is 57.2 cm³/mol. The maximum Gasteiger partial charge on any atom is 0.0276 e. The van der Waals surface area contributed by atoms with Crippen LogP contribution in [-0.4, -0.2) is 30.4 Å². The van der Waals surface area contributed by atoms with Crippen molar-refractivity contribution in [3.63, 3.8) is 0 Å². The van der Waals surface area contributed by atoms with Crippen LogP contribution in [0.15, 0.2) is 0 Å². The summed E-state index contributed by atoms with van der Waals surface area (Å²) in [5, 5.41) is 0. The molecule has 0 aromatic heterocycles. The fraction of sp³-hybridized carbons (Fsp3) is 1.00. The first-order valence-corrected chi connectivity index (χ1v) is 6.04. The van der Waals surface area contributed by atoms with Gasteiger partial charge in [0.2, 0.25) is 0 Å². The Bertz CT molecular complexity index is 169. The second-order valence-corrected chi connectivity index (χ2v) is 5.54. The van der Waals surface area contributed by atoms with E-state index in [-0.39, 0.29) is 0 Å². The molecule has 2 fully saturated rings. The van der Waals surface area contributed by atoms with E-state index in [0.717, 1.165) is 11.8 Å². The number of hydrogen-bond acceptors (Lipinski definition) is 1. The molecule has 2 heteroatoms. The van der Waals surface area contributed by atoms with Gasteiger partial charge >= 0.3 is 0 Å². The van der Waals surface area contributed by atoms with Crippen LogP contribution in [0.5, 0.6) is 0 Å². The van der Waals surface area contributed by atoms with Crippen molar-refractivity contribution in [2.75, 3.05) is 25.5 Å². The van der Waals surface area contributed by atoms with Crippen LogP contribution >= 0.6 is 11.6 Å². The number of hydrogen-bond donors (Lipinski definition) is 0. The lowest BCUT2D eigenvalue weighted by Crippen LogP contribution is -2.51. The molecule has 2 aliphatic rings. The Morgan fingerprint density at radius 2 is 1.92 bits per heavy atom. The topological polar surface area (TPSA) is 3.24 Å². The van der Waals surface area contributed by atoms with Gasteiger partial charge in [0.25, 0.3) is 0 Å². The lowest BCUT2D eigenvalue weighted by Gasteiger charge is -2.42. The fourth-order valence-electron chi connectivity index (χ4n) is 2.83. The first-order valence-electron chi connectivity index (χ1n) is 5.50. The van der Waals surface area contributed by atoms with E-state index in [1.54, 1.807) is 0 Å². The summed E-state index contributed by atoms with van der Waals surface area (Å²) in [6, 6.07) is 0. The van der Waals surface area contributed by atoms with Crippen LogP contribution in [0.1, 0.15) is 32.6 Å². The van der Waals surface area contributed by atoms with Crippen LogP contribution in [-0.2, 0) is 0 Å². The highest BCUT2D eigenvalue weighted by molar-refractivity contribution is 6.18. The minimum absolute atomic E-state index is 0.636. The lowest BCUT2D eigenvalue weighted by molar-refractivity contribution is 0.0647. The number of nitrogens with zero attached hydrogens (tertiary/aromatic N) is 1. The summed E-state index contributed by atoms with van der Waals surface area (Å²) in [7, 11) is 0. The summed E-state index contributed by atoms with van der Waals surface area (Å²) in [6.45, 7) is 6.27. The molecule has 1 aliphatic carbocycles. The smallest absolute Gasteiger partial charge is 0.0276 e. The zero-order valence-corrected chi connectivity index (χ0v) is 9.32. The van der Waals surface area contributed by atoms with Gasteiger partial charge in [-0.15, -0.1) is 11.6 Å². The molecule has 1 saturated heterocycles. The summed E-state index contributed by atoms with van der Waals surface area (Å²) in [5.41, 5.74) is 0.636. The molecular formula is C11H20ClN.